The lowest BCUT2D eigenvalue weighted by Crippen LogP contribution is -2.43. The Morgan fingerprint density at radius 2 is 2.00 bits per heavy atom. The highest BCUT2D eigenvalue weighted by Crippen LogP contribution is 2.21. The minimum absolute atomic E-state index is 0.187. The van der Waals surface area contributed by atoms with E-state index in [0.29, 0.717) is 5.13 Å². The van der Waals surface area contributed by atoms with Gasteiger partial charge < -0.3 is 15.5 Å². The van der Waals surface area contributed by atoms with Crippen LogP contribution in [0.5, 0.6) is 0 Å². The van der Waals surface area contributed by atoms with E-state index in [1.54, 1.807) is 5.38 Å². The first-order chi connectivity index (χ1) is 9.79. The van der Waals surface area contributed by atoms with E-state index in [4.69, 9.17) is 10.2 Å². The van der Waals surface area contributed by atoms with E-state index in [-0.39, 0.29) is 18.8 Å². The number of amides is 2. The van der Waals surface area contributed by atoms with E-state index < -0.39 is 24.0 Å². The molecule has 8 nitrogen and oxygen atoms in total. The van der Waals surface area contributed by atoms with E-state index in [1.165, 1.54) is 11.3 Å². The minimum atomic E-state index is -1.28. The van der Waals surface area contributed by atoms with Crippen LogP contribution in [0.4, 0.5) is 9.93 Å². The van der Waals surface area contributed by atoms with Gasteiger partial charge in [-0.3, -0.25) is 10.1 Å². The number of thiazole rings is 1. The molecule has 1 atom stereocenters. The smallest absolute Gasteiger partial charge is 0.326 e. The molecule has 0 fully saturated rings. The molecular formula is C12H17N3O5S. The van der Waals surface area contributed by atoms with Crippen LogP contribution in [0.25, 0.3) is 0 Å². The molecule has 1 rings (SSSR count). The SMILES string of the molecule is CC(C)c1csc(NC(=O)N[C@@H](CCC(=O)O)C(=O)O)n1. The molecule has 21 heavy (non-hydrogen) atoms. The van der Waals surface area contributed by atoms with Crippen LogP contribution in [0, 0.1) is 0 Å². The largest absolute Gasteiger partial charge is 0.481 e. The van der Waals surface area contributed by atoms with Crippen LogP contribution in [0.2, 0.25) is 0 Å². The van der Waals surface area contributed by atoms with Gasteiger partial charge in [-0.15, -0.1) is 11.3 Å². The number of hydrogen-bond acceptors (Lipinski definition) is 5. The maximum absolute atomic E-state index is 11.7. The Labute approximate surface area is 125 Å². The van der Waals surface area contributed by atoms with Gasteiger partial charge in [0.15, 0.2) is 5.13 Å². The van der Waals surface area contributed by atoms with E-state index in [2.05, 4.69) is 15.6 Å². The zero-order valence-electron chi connectivity index (χ0n) is 11.6. The number of hydrogen-bond donors (Lipinski definition) is 4. The molecule has 2 amide bonds. The number of anilines is 1. The number of nitrogens with zero attached hydrogens (tertiary/aromatic N) is 1. The fourth-order valence-corrected chi connectivity index (χ4v) is 2.29. The lowest BCUT2D eigenvalue weighted by Gasteiger charge is -2.13. The topological polar surface area (TPSA) is 129 Å². The molecule has 4 N–H and O–H groups in total. The molecule has 0 spiro atoms. The van der Waals surface area contributed by atoms with Crippen LogP contribution < -0.4 is 10.6 Å². The van der Waals surface area contributed by atoms with E-state index in [9.17, 15) is 14.4 Å². The quantitative estimate of drug-likeness (QED) is 0.606. The molecule has 9 heteroatoms. The number of carboxylic acid groups (broad SMARTS) is 2. The summed E-state index contributed by atoms with van der Waals surface area (Å²) in [5, 5.41) is 24.3. The molecule has 0 radical (unpaired) electrons. The molecule has 0 aromatic carbocycles. The van der Waals surface area contributed by atoms with Gasteiger partial charge in [-0.25, -0.2) is 14.6 Å². The Bertz CT molecular complexity index is 529. The fourth-order valence-electron chi connectivity index (χ4n) is 1.43. The second kappa shape index (κ2) is 7.58. The molecule has 0 bridgehead atoms. The summed E-state index contributed by atoms with van der Waals surface area (Å²) < 4.78 is 0. The molecule has 0 aliphatic carbocycles. The van der Waals surface area contributed by atoms with Gasteiger partial charge >= 0.3 is 18.0 Å². The van der Waals surface area contributed by atoms with E-state index in [0.717, 1.165) is 5.69 Å². The van der Waals surface area contributed by atoms with Crippen LogP contribution >= 0.6 is 11.3 Å². The molecule has 116 valence electrons. The Balaban J connectivity index is 2.56. The number of aliphatic carboxylic acids is 2. The van der Waals surface area contributed by atoms with Gasteiger partial charge in [0, 0.05) is 11.8 Å². The lowest BCUT2D eigenvalue weighted by atomic mass is 10.1. The number of nitrogens with one attached hydrogen (secondary N) is 2. The van der Waals surface area contributed by atoms with Gasteiger partial charge in [0.1, 0.15) is 6.04 Å². The van der Waals surface area contributed by atoms with Crippen molar-refractivity contribution in [3.8, 4) is 0 Å². The van der Waals surface area contributed by atoms with E-state index in [1.807, 2.05) is 13.8 Å². The van der Waals surface area contributed by atoms with Crippen LogP contribution in [0.3, 0.4) is 0 Å². The summed E-state index contributed by atoms with van der Waals surface area (Å²) in [4.78, 5) is 37.3. The van der Waals surface area contributed by atoms with Crippen molar-refractivity contribution >= 4 is 34.4 Å². The highest BCUT2D eigenvalue weighted by molar-refractivity contribution is 7.13. The van der Waals surface area contributed by atoms with Gasteiger partial charge in [0.05, 0.1) is 5.69 Å². The summed E-state index contributed by atoms with van der Waals surface area (Å²) in [6, 6.07) is -1.98. The number of urea groups is 1. The number of rotatable bonds is 7. The number of carboxylic acids is 2. The third kappa shape index (κ3) is 5.78. The zero-order valence-corrected chi connectivity index (χ0v) is 12.4. The fraction of sp³-hybridized carbons (Fsp3) is 0.500. The Hall–Kier alpha value is -2.16. The Kier molecular flexibility index (Phi) is 6.10. The van der Waals surface area contributed by atoms with Crippen LogP contribution in [0.1, 0.15) is 38.3 Å². The lowest BCUT2D eigenvalue weighted by molar-refractivity contribution is -0.140. The molecule has 0 aliphatic rings. The van der Waals surface area contributed by atoms with Crippen LogP contribution in [-0.4, -0.2) is 39.2 Å². The second-order valence-corrected chi connectivity index (χ2v) is 5.51. The highest BCUT2D eigenvalue weighted by Gasteiger charge is 2.21. The van der Waals surface area contributed by atoms with E-state index >= 15 is 0 Å². The van der Waals surface area contributed by atoms with Gasteiger partial charge in [-0.1, -0.05) is 13.8 Å². The van der Waals surface area contributed by atoms with Crippen molar-refractivity contribution in [1.82, 2.24) is 10.3 Å². The number of carbonyl (C=O) groups is 3. The molecule has 0 unspecified atom stereocenters. The summed E-state index contributed by atoms with van der Waals surface area (Å²) in [6.07, 6.45) is -0.529. The molecule has 0 saturated carbocycles. The van der Waals surface area contributed by atoms with Crippen LogP contribution in [-0.2, 0) is 9.59 Å². The van der Waals surface area contributed by atoms with Gasteiger partial charge in [-0.2, -0.15) is 0 Å². The van der Waals surface area contributed by atoms with Crippen molar-refractivity contribution in [3.05, 3.63) is 11.1 Å². The van der Waals surface area contributed by atoms with Crippen molar-refractivity contribution in [2.24, 2.45) is 0 Å². The summed E-state index contributed by atoms with van der Waals surface area (Å²) in [5.74, 6) is -2.18. The van der Waals surface area contributed by atoms with Crippen molar-refractivity contribution in [3.63, 3.8) is 0 Å². The van der Waals surface area contributed by atoms with Crippen molar-refractivity contribution in [2.45, 2.75) is 38.6 Å². The van der Waals surface area contributed by atoms with Gasteiger partial charge in [0.25, 0.3) is 0 Å². The summed E-state index contributed by atoms with van der Waals surface area (Å²) in [6.45, 7) is 3.93. The van der Waals surface area contributed by atoms with Gasteiger partial charge in [-0.05, 0) is 12.3 Å². The summed E-state index contributed by atoms with van der Waals surface area (Å²) in [7, 11) is 0. The van der Waals surface area contributed by atoms with Crippen molar-refractivity contribution in [1.29, 1.82) is 0 Å². The first kappa shape index (κ1) is 16.9. The van der Waals surface area contributed by atoms with Crippen molar-refractivity contribution in [2.75, 3.05) is 5.32 Å². The van der Waals surface area contributed by atoms with Crippen molar-refractivity contribution < 1.29 is 24.6 Å². The third-order valence-electron chi connectivity index (χ3n) is 2.58. The molecule has 1 aromatic heterocycles. The average Bonchev–Trinajstić information content (AvgIpc) is 2.82. The molecule has 0 saturated heterocycles. The maximum atomic E-state index is 11.7. The predicted molar refractivity (Wildman–Crippen MR) is 76.7 cm³/mol. The second-order valence-electron chi connectivity index (χ2n) is 4.65. The minimum Gasteiger partial charge on any atom is -0.481 e. The molecular weight excluding hydrogens is 298 g/mol. The average molecular weight is 315 g/mol. The summed E-state index contributed by atoms with van der Waals surface area (Å²) in [5.41, 5.74) is 0.830. The first-order valence-electron chi connectivity index (χ1n) is 6.27. The normalized spacial score (nSPS) is 12.0. The molecule has 0 aliphatic heterocycles. The standard InChI is InChI=1S/C12H17N3O5S/c1-6(2)8-5-21-12(14-8)15-11(20)13-7(10(18)19)3-4-9(16)17/h5-7H,3-4H2,1-2H3,(H,16,17)(H,18,19)(H2,13,14,15,20)/t7-/m0/s1. The Morgan fingerprint density at radius 3 is 2.48 bits per heavy atom. The summed E-state index contributed by atoms with van der Waals surface area (Å²) >= 11 is 1.24. The third-order valence-corrected chi connectivity index (χ3v) is 3.36. The predicted octanol–water partition coefficient (Wildman–Crippen LogP) is 1.71. The monoisotopic (exact) mass is 315 g/mol. The van der Waals surface area contributed by atoms with Crippen LogP contribution in [0.15, 0.2) is 5.38 Å². The van der Waals surface area contributed by atoms with Gasteiger partial charge in [0.2, 0.25) is 0 Å². The highest BCUT2D eigenvalue weighted by atomic mass is 32.1. The number of aromatic nitrogens is 1. The maximum Gasteiger partial charge on any atom is 0.326 e. The Morgan fingerprint density at radius 1 is 1.33 bits per heavy atom. The molecule has 1 heterocycles. The first-order valence-corrected chi connectivity index (χ1v) is 7.15. The zero-order chi connectivity index (χ0) is 16.0. The molecule has 1 aromatic rings. The number of carbonyl (C=O) groups excluding carboxylic acids is 1.